The van der Waals surface area contributed by atoms with Crippen molar-refractivity contribution in [2.75, 3.05) is 6.61 Å². The van der Waals surface area contributed by atoms with Gasteiger partial charge in [-0.1, -0.05) is 6.07 Å². The Hall–Kier alpha value is -4.57. The van der Waals surface area contributed by atoms with Crippen LogP contribution in [0.4, 0.5) is 22.0 Å². The zero-order chi connectivity index (χ0) is 28.5. The van der Waals surface area contributed by atoms with Crippen LogP contribution in [0.3, 0.4) is 0 Å². The first-order chi connectivity index (χ1) is 18.4. The van der Waals surface area contributed by atoms with E-state index in [9.17, 15) is 41.9 Å². The zero-order valence-corrected chi connectivity index (χ0v) is 20.7. The van der Waals surface area contributed by atoms with E-state index in [1.165, 1.54) is 29.8 Å². The van der Waals surface area contributed by atoms with Crippen LogP contribution in [0.1, 0.15) is 34.0 Å². The number of benzene rings is 1. The van der Waals surface area contributed by atoms with Crippen molar-refractivity contribution in [2.45, 2.75) is 19.6 Å². The summed E-state index contributed by atoms with van der Waals surface area (Å²) < 4.78 is 75.2. The van der Waals surface area contributed by atoms with E-state index in [1.807, 2.05) is 0 Å². The second-order valence-corrected chi connectivity index (χ2v) is 8.98. The molecule has 0 aliphatic heterocycles. The summed E-state index contributed by atoms with van der Waals surface area (Å²) in [6.07, 6.45) is -3.72. The van der Waals surface area contributed by atoms with Gasteiger partial charge in [-0.2, -0.15) is 18.4 Å². The molecule has 13 heteroatoms. The summed E-state index contributed by atoms with van der Waals surface area (Å²) in [5.74, 6) is -3.33. The van der Waals surface area contributed by atoms with E-state index in [0.717, 1.165) is 28.0 Å². The molecule has 0 aliphatic carbocycles. The lowest BCUT2D eigenvalue weighted by Gasteiger charge is -2.17. The molecule has 0 saturated carbocycles. The number of hydrogen-bond donors (Lipinski definition) is 1. The van der Waals surface area contributed by atoms with E-state index < -0.39 is 47.0 Å². The lowest BCUT2D eigenvalue weighted by atomic mass is 10.1. The normalized spacial score (nSPS) is 11.3. The fourth-order valence-electron chi connectivity index (χ4n) is 3.80. The molecule has 0 atom stereocenters. The average Bonchev–Trinajstić information content (AvgIpc) is 3.36. The van der Waals surface area contributed by atoms with E-state index in [0.29, 0.717) is 23.3 Å². The molecule has 0 fully saturated rings. The predicted octanol–water partition coefficient (Wildman–Crippen LogP) is 5.95. The maximum absolute atomic E-state index is 14.4. The van der Waals surface area contributed by atoms with Crippen molar-refractivity contribution in [3.63, 3.8) is 0 Å². The molecule has 1 aromatic carbocycles. The number of carbonyl (C=O) groups is 1. The fourth-order valence-corrected chi connectivity index (χ4v) is 4.74. The fraction of sp³-hybridized carbons (Fsp3) is 0.154. The first-order valence-corrected chi connectivity index (χ1v) is 12.0. The van der Waals surface area contributed by atoms with Crippen molar-refractivity contribution in [1.82, 2.24) is 9.55 Å². The topological polar surface area (TPSA) is 105 Å². The summed E-state index contributed by atoms with van der Waals surface area (Å²) in [7, 11) is 0. The first kappa shape index (κ1) is 27.5. The van der Waals surface area contributed by atoms with E-state index in [-0.39, 0.29) is 34.2 Å². The van der Waals surface area contributed by atoms with Crippen molar-refractivity contribution in [3.8, 4) is 33.6 Å². The van der Waals surface area contributed by atoms with Gasteiger partial charge in [-0.3, -0.25) is 4.79 Å². The maximum Gasteiger partial charge on any atom is 0.417 e. The number of carboxylic acids is 1. The Balaban J connectivity index is 1.90. The number of carboxylic acid groups (broad SMARTS) is 1. The maximum atomic E-state index is 14.4. The molecule has 0 bridgehead atoms. The summed E-state index contributed by atoms with van der Waals surface area (Å²) in [5.41, 5.74) is -3.97. The third kappa shape index (κ3) is 5.51. The highest BCUT2D eigenvalue weighted by atomic mass is 32.1. The quantitative estimate of drug-likeness (QED) is 0.280. The highest BCUT2D eigenvalue weighted by Crippen LogP contribution is 2.38. The van der Waals surface area contributed by atoms with Gasteiger partial charge in [-0.15, -0.1) is 11.3 Å². The van der Waals surface area contributed by atoms with Crippen molar-refractivity contribution >= 4 is 17.3 Å². The number of alkyl halides is 3. The largest absolute Gasteiger partial charge is 0.477 e. The lowest BCUT2D eigenvalue weighted by Crippen LogP contribution is -2.28. The summed E-state index contributed by atoms with van der Waals surface area (Å²) >= 11 is 0.929. The molecule has 0 spiro atoms. The molecule has 0 amide bonds. The third-order valence-electron chi connectivity index (χ3n) is 5.61. The van der Waals surface area contributed by atoms with Crippen molar-refractivity contribution in [2.24, 2.45) is 0 Å². The number of nitrogens with zero attached hydrogens (tertiary/aromatic N) is 3. The summed E-state index contributed by atoms with van der Waals surface area (Å²) in [5, 5.41) is 20.4. The Morgan fingerprint density at radius 3 is 2.54 bits per heavy atom. The number of ether oxygens (including phenoxy) is 1. The number of thiophene rings is 1. The standard InChI is InChI=1S/C26H16F5N3O4S/c1-2-38-23-17(25(36)37)5-14(10-33-23)15-6-22(39-12-15)21-8-19(26(29,30)31)18(9-32)24(35)34(21)11-13-3-4-16(27)7-20(13)28/h3-8,10,12H,2,11H2,1H3,(H,36,37). The van der Waals surface area contributed by atoms with E-state index in [4.69, 9.17) is 4.74 Å². The van der Waals surface area contributed by atoms with Gasteiger partial charge in [0, 0.05) is 23.4 Å². The number of aromatic carboxylic acids is 1. The molecule has 1 N–H and O–H groups in total. The average molecular weight is 561 g/mol. The van der Waals surface area contributed by atoms with Gasteiger partial charge in [-0.25, -0.2) is 18.6 Å². The molecule has 200 valence electrons. The van der Waals surface area contributed by atoms with E-state index in [1.54, 1.807) is 6.92 Å². The van der Waals surface area contributed by atoms with E-state index >= 15 is 0 Å². The van der Waals surface area contributed by atoms with Crippen molar-refractivity contribution in [3.05, 3.63) is 92.2 Å². The van der Waals surface area contributed by atoms with Crippen LogP contribution in [0.15, 0.2) is 52.8 Å². The highest BCUT2D eigenvalue weighted by Gasteiger charge is 2.37. The molecular weight excluding hydrogens is 545 g/mol. The van der Waals surface area contributed by atoms with Gasteiger partial charge >= 0.3 is 12.1 Å². The number of hydrogen-bond acceptors (Lipinski definition) is 6. The minimum Gasteiger partial charge on any atom is -0.477 e. The Morgan fingerprint density at radius 1 is 1.18 bits per heavy atom. The van der Waals surface area contributed by atoms with Gasteiger partial charge in [0.1, 0.15) is 28.8 Å². The number of halogens is 5. The van der Waals surface area contributed by atoms with Crippen molar-refractivity contribution in [1.29, 1.82) is 5.26 Å². The van der Waals surface area contributed by atoms with Crippen LogP contribution in [-0.4, -0.2) is 27.2 Å². The van der Waals surface area contributed by atoms with Crippen LogP contribution in [0, 0.1) is 23.0 Å². The zero-order valence-electron chi connectivity index (χ0n) is 19.8. The second kappa shape index (κ2) is 10.7. The Kier molecular flexibility index (Phi) is 7.51. The molecule has 3 heterocycles. The SMILES string of the molecule is CCOc1ncc(-c2csc(-c3cc(C(F)(F)F)c(C#N)c(=O)n3Cc3ccc(F)cc3F)c2)cc1C(=O)O. The molecule has 7 nitrogen and oxygen atoms in total. The van der Waals surface area contributed by atoms with Gasteiger partial charge in [0.2, 0.25) is 5.88 Å². The Bertz CT molecular complexity index is 1690. The molecular formula is C26H16F5N3O4S. The molecule has 39 heavy (non-hydrogen) atoms. The monoisotopic (exact) mass is 561 g/mol. The van der Waals surface area contributed by atoms with Crippen molar-refractivity contribution < 1.29 is 36.6 Å². The van der Waals surface area contributed by atoms with Crippen LogP contribution >= 0.6 is 11.3 Å². The van der Waals surface area contributed by atoms with Gasteiger partial charge in [-0.05, 0) is 42.1 Å². The van der Waals surface area contributed by atoms with Crippen LogP contribution in [0.25, 0.3) is 21.7 Å². The van der Waals surface area contributed by atoms with Crippen LogP contribution in [-0.2, 0) is 12.7 Å². The second-order valence-electron chi connectivity index (χ2n) is 8.07. The summed E-state index contributed by atoms with van der Waals surface area (Å²) in [6, 6.07) is 7.14. The first-order valence-electron chi connectivity index (χ1n) is 11.1. The Labute approximate surface area is 221 Å². The lowest BCUT2D eigenvalue weighted by molar-refractivity contribution is -0.137. The smallest absolute Gasteiger partial charge is 0.417 e. The number of aromatic nitrogens is 2. The minimum atomic E-state index is -5.05. The van der Waals surface area contributed by atoms with E-state index in [2.05, 4.69) is 4.98 Å². The molecule has 0 unspecified atom stereocenters. The Morgan fingerprint density at radius 2 is 1.92 bits per heavy atom. The van der Waals surface area contributed by atoms with Gasteiger partial charge in [0.15, 0.2) is 0 Å². The van der Waals surface area contributed by atoms with Gasteiger partial charge < -0.3 is 14.4 Å². The molecule has 3 aromatic heterocycles. The van der Waals surface area contributed by atoms with Crippen LogP contribution in [0.5, 0.6) is 5.88 Å². The third-order valence-corrected chi connectivity index (χ3v) is 6.56. The molecule has 0 radical (unpaired) electrons. The highest BCUT2D eigenvalue weighted by molar-refractivity contribution is 7.14. The molecule has 4 aromatic rings. The van der Waals surface area contributed by atoms with Gasteiger partial charge in [0.05, 0.1) is 29.3 Å². The number of rotatable bonds is 7. The number of pyridine rings is 2. The van der Waals surface area contributed by atoms with Gasteiger partial charge in [0.25, 0.3) is 5.56 Å². The molecule has 0 aliphatic rings. The predicted molar refractivity (Wildman–Crippen MR) is 131 cm³/mol. The molecule has 0 saturated heterocycles. The molecule has 4 rings (SSSR count). The minimum absolute atomic E-state index is 0.110. The van der Waals surface area contributed by atoms with Crippen LogP contribution in [0.2, 0.25) is 0 Å². The number of nitriles is 1. The summed E-state index contributed by atoms with van der Waals surface area (Å²) in [6.45, 7) is 1.23. The summed E-state index contributed by atoms with van der Waals surface area (Å²) in [4.78, 5) is 28.9. The van der Waals surface area contributed by atoms with Crippen LogP contribution < -0.4 is 10.3 Å².